The summed E-state index contributed by atoms with van der Waals surface area (Å²) in [7, 11) is 1.66. The smallest absolute Gasteiger partial charge is 0.119 e. The minimum absolute atomic E-state index is 0.150. The number of pyridine rings is 1. The van der Waals surface area contributed by atoms with Gasteiger partial charge in [0.25, 0.3) is 0 Å². The Kier molecular flexibility index (Phi) is 4.02. The number of piperidine rings is 3. The third-order valence-corrected chi connectivity index (χ3v) is 5.73. The van der Waals surface area contributed by atoms with Crippen LogP contribution in [0.3, 0.4) is 0 Å². The average Bonchev–Trinajstić information content (AvgIpc) is 2.66. The van der Waals surface area contributed by atoms with Gasteiger partial charge in [-0.2, -0.15) is 0 Å². The molecule has 0 amide bonds. The minimum atomic E-state index is -0.520. The van der Waals surface area contributed by atoms with Crippen molar-refractivity contribution in [3.8, 4) is 5.75 Å². The SMILES string of the molecule is C=C[C@H]1C[C@@H]2CCN1[C@@H]([C@@H](O)c1ccnc3ccc(OC)cc13)C2. The summed E-state index contributed by atoms with van der Waals surface area (Å²) in [5.74, 6) is 1.48. The van der Waals surface area contributed by atoms with Gasteiger partial charge >= 0.3 is 0 Å². The van der Waals surface area contributed by atoms with Crippen molar-refractivity contribution in [2.24, 2.45) is 5.92 Å². The lowest BCUT2D eigenvalue weighted by Crippen LogP contribution is -2.55. The average molecular weight is 324 g/mol. The monoisotopic (exact) mass is 324 g/mol. The van der Waals surface area contributed by atoms with E-state index in [2.05, 4.69) is 16.5 Å². The number of rotatable bonds is 4. The molecular weight excluding hydrogens is 300 g/mol. The number of ether oxygens (including phenoxy) is 1. The van der Waals surface area contributed by atoms with E-state index in [1.54, 1.807) is 13.3 Å². The molecule has 4 heteroatoms. The lowest BCUT2D eigenvalue weighted by molar-refractivity contribution is -0.0473. The maximum atomic E-state index is 11.2. The van der Waals surface area contributed by atoms with Crippen LogP contribution in [0, 0.1) is 5.92 Å². The molecule has 1 aromatic heterocycles. The maximum Gasteiger partial charge on any atom is 0.119 e. The van der Waals surface area contributed by atoms with Crippen molar-refractivity contribution in [2.45, 2.75) is 37.5 Å². The first-order valence-corrected chi connectivity index (χ1v) is 8.70. The summed E-state index contributed by atoms with van der Waals surface area (Å²) in [6, 6.07) is 8.31. The highest BCUT2D eigenvalue weighted by Gasteiger charge is 2.42. The standard InChI is InChI=1S/C20H24N2O2/c1-3-14-10-13-7-9-22(14)19(11-13)20(23)16-6-8-21-18-5-4-15(24-2)12-17(16)18/h3-6,8,12-14,19-20,23H,1,7,9-11H2,2H3/t13-,14-,19+,20-/m0/s1. The van der Waals surface area contributed by atoms with Crippen LogP contribution in [-0.4, -0.2) is 40.7 Å². The van der Waals surface area contributed by atoms with E-state index in [-0.39, 0.29) is 6.04 Å². The zero-order chi connectivity index (χ0) is 16.7. The van der Waals surface area contributed by atoms with Crippen molar-refractivity contribution in [3.63, 3.8) is 0 Å². The van der Waals surface area contributed by atoms with Crippen LogP contribution >= 0.6 is 0 Å². The summed E-state index contributed by atoms with van der Waals surface area (Å²) in [6.07, 6.45) is 6.77. The van der Waals surface area contributed by atoms with Crippen LogP contribution in [0.15, 0.2) is 43.1 Å². The molecule has 3 aliphatic rings. The van der Waals surface area contributed by atoms with Gasteiger partial charge in [-0.25, -0.2) is 0 Å². The highest BCUT2D eigenvalue weighted by Crippen LogP contribution is 2.42. The lowest BCUT2D eigenvalue weighted by Gasteiger charge is -2.51. The number of hydrogen-bond acceptors (Lipinski definition) is 4. The Morgan fingerprint density at radius 3 is 3.00 bits per heavy atom. The van der Waals surface area contributed by atoms with Crippen molar-refractivity contribution in [1.82, 2.24) is 9.88 Å². The number of aliphatic hydroxyl groups excluding tert-OH is 1. The number of aromatic nitrogens is 1. The summed E-state index contributed by atoms with van der Waals surface area (Å²) in [4.78, 5) is 6.86. The molecule has 4 nitrogen and oxygen atoms in total. The van der Waals surface area contributed by atoms with E-state index < -0.39 is 6.10 Å². The summed E-state index contributed by atoms with van der Waals surface area (Å²) >= 11 is 0. The predicted octanol–water partition coefficient (Wildman–Crippen LogP) is 3.32. The van der Waals surface area contributed by atoms with E-state index >= 15 is 0 Å². The van der Waals surface area contributed by atoms with Gasteiger partial charge in [0.2, 0.25) is 0 Å². The van der Waals surface area contributed by atoms with Crippen LogP contribution in [0.25, 0.3) is 10.9 Å². The Bertz CT molecular complexity index is 760. The van der Waals surface area contributed by atoms with Crippen molar-refractivity contribution in [2.75, 3.05) is 13.7 Å². The Balaban J connectivity index is 1.73. The molecule has 0 radical (unpaired) electrons. The van der Waals surface area contributed by atoms with E-state index in [0.29, 0.717) is 12.0 Å². The molecule has 0 spiro atoms. The van der Waals surface area contributed by atoms with Crippen LogP contribution in [-0.2, 0) is 0 Å². The Hall–Kier alpha value is -1.91. The molecule has 126 valence electrons. The van der Waals surface area contributed by atoms with Crippen LogP contribution in [0.2, 0.25) is 0 Å². The Morgan fingerprint density at radius 1 is 1.38 bits per heavy atom. The Labute approximate surface area is 142 Å². The van der Waals surface area contributed by atoms with Crippen molar-refractivity contribution in [1.29, 1.82) is 0 Å². The van der Waals surface area contributed by atoms with Gasteiger partial charge in [0.15, 0.2) is 0 Å². The lowest BCUT2D eigenvalue weighted by atomic mass is 9.76. The van der Waals surface area contributed by atoms with Gasteiger partial charge in [0.05, 0.1) is 18.7 Å². The minimum Gasteiger partial charge on any atom is -0.497 e. The van der Waals surface area contributed by atoms with E-state index in [0.717, 1.165) is 35.2 Å². The molecule has 1 unspecified atom stereocenters. The normalized spacial score (nSPS) is 30.2. The number of aliphatic hydroxyl groups is 1. The molecule has 1 N–H and O–H groups in total. The first-order chi connectivity index (χ1) is 11.7. The first-order valence-electron chi connectivity index (χ1n) is 8.70. The van der Waals surface area contributed by atoms with E-state index in [1.807, 2.05) is 30.3 Å². The molecule has 2 aromatic rings. The maximum absolute atomic E-state index is 11.2. The van der Waals surface area contributed by atoms with Gasteiger partial charge in [-0.15, -0.1) is 6.58 Å². The molecule has 1 aromatic carbocycles. The molecule has 4 heterocycles. The largest absolute Gasteiger partial charge is 0.497 e. The Morgan fingerprint density at radius 2 is 2.25 bits per heavy atom. The van der Waals surface area contributed by atoms with Gasteiger partial charge in [-0.3, -0.25) is 9.88 Å². The quantitative estimate of drug-likeness (QED) is 0.877. The zero-order valence-corrected chi connectivity index (χ0v) is 14.1. The second-order valence-corrected chi connectivity index (χ2v) is 6.96. The van der Waals surface area contributed by atoms with E-state index in [1.165, 1.54) is 12.8 Å². The molecule has 3 fully saturated rings. The molecule has 5 rings (SSSR count). The first kappa shape index (κ1) is 15.6. The highest BCUT2D eigenvalue weighted by atomic mass is 16.5. The third-order valence-electron chi connectivity index (χ3n) is 5.73. The molecular formula is C20H24N2O2. The van der Waals surface area contributed by atoms with Gasteiger partial charge in [0.1, 0.15) is 5.75 Å². The number of nitrogens with zero attached hydrogens (tertiary/aromatic N) is 2. The number of hydrogen-bond donors (Lipinski definition) is 1. The molecule has 2 bridgehead atoms. The molecule has 24 heavy (non-hydrogen) atoms. The van der Waals surface area contributed by atoms with E-state index in [4.69, 9.17) is 4.74 Å². The predicted molar refractivity (Wildman–Crippen MR) is 95.1 cm³/mol. The van der Waals surface area contributed by atoms with Gasteiger partial charge in [0, 0.05) is 23.7 Å². The zero-order valence-electron chi connectivity index (χ0n) is 14.1. The molecule has 5 atom stereocenters. The summed E-state index contributed by atoms with van der Waals surface area (Å²) in [5, 5.41) is 12.2. The number of benzene rings is 1. The van der Waals surface area contributed by atoms with Crippen molar-refractivity contribution in [3.05, 3.63) is 48.7 Å². The third kappa shape index (κ3) is 2.50. The van der Waals surface area contributed by atoms with Crippen LogP contribution in [0.5, 0.6) is 5.75 Å². The summed E-state index contributed by atoms with van der Waals surface area (Å²) in [5.41, 5.74) is 1.84. The summed E-state index contributed by atoms with van der Waals surface area (Å²) in [6.45, 7) is 5.04. The second kappa shape index (κ2) is 6.19. The molecule has 3 saturated heterocycles. The summed E-state index contributed by atoms with van der Waals surface area (Å²) < 4.78 is 5.35. The molecule has 0 aliphatic carbocycles. The van der Waals surface area contributed by atoms with Crippen molar-refractivity contribution < 1.29 is 9.84 Å². The van der Waals surface area contributed by atoms with E-state index in [9.17, 15) is 5.11 Å². The van der Waals surface area contributed by atoms with Gasteiger partial charge < -0.3 is 9.84 Å². The topological polar surface area (TPSA) is 45.6 Å². The number of fused-ring (bicyclic) bond motifs is 4. The van der Waals surface area contributed by atoms with Crippen LogP contribution in [0.4, 0.5) is 0 Å². The van der Waals surface area contributed by atoms with Crippen molar-refractivity contribution >= 4 is 10.9 Å². The fourth-order valence-electron chi connectivity index (χ4n) is 4.48. The van der Waals surface area contributed by atoms with Gasteiger partial charge in [-0.05, 0) is 61.6 Å². The second-order valence-electron chi connectivity index (χ2n) is 6.96. The fourth-order valence-corrected chi connectivity index (χ4v) is 4.48. The van der Waals surface area contributed by atoms with Crippen LogP contribution in [0.1, 0.15) is 30.9 Å². The van der Waals surface area contributed by atoms with Crippen LogP contribution < -0.4 is 4.74 Å². The number of methoxy groups -OCH3 is 1. The van der Waals surface area contributed by atoms with Gasteiger partial charge in [-0.1, -0.05) is 6.08 Å². The fraction of sp³-hybridized carbons (Fsp3) is 0.450. The highest BCUT2D eigenvalue weighted by molar-refractivity contribution is 5.83. The molecule has 0 saturated carbocycles. The molecule has 3 aliphatic heterocycles.